The fourth-order valence-corrected chi connectivity index (χ4v) is 1.55. The third-order valence-corrected chi connectivity index (χ3v) is 2.28. The zero-order chi connectivity index (χ0) is 9.84. The van der Waals surface area contributed by atoms with Gasteiger partial charge < -0.3 is 15.9 Å². The molecule has 1 saturated carbocycles. The third-order valence-electron chi connectivity index (χ3n) is 2.28. The van der Waals surface area contributed by atoms with Gasteiger partial charge in [0, 0.05) is 17.8 Å². The van der Waals surface area contributed by atoms with Crippen molar-refractivity contribution in [2.45, 2.75) is 38.9 Å². The highest BCUT2D eigenvalue weighted by Gasteiger charge is 2.31. The Morgan fingerprint density at radius 2 is 2.15 bits per heavy atom. The molecule has 5 N–H and O–H groups in total. The monoisotopic (exact) mass is 185 g/mol. The van der Waals surface area contributed by atoms with Crippen LogP contribution in [0.3, 0.4) is 0 Å². The van der Waals surface area contributed by atoms with Gasteiger partial charge in [-0.3, -0.25) is 5.84 Å². The Kier molecular flexibility index (Phi) is 3.57. The van der Waals surface area contributed by atoms with Crippen molar-refractivity contribution in [2.75, 3.05) is 0 Å². The van der Waals surface area contributed by atoms with Gasteiger partial charge in [0.15, 0.2) is 0 Å². The Bertz CT molecular complexity index is 185. The molecule has 76 valence electrons. The number of hydrogen-bond acceptors (Lipinski definition) is 4. The van der Waals surface area contributed by atoms with Crippen molar-refractivity contribution in [1.82, 2.24) is 5.43 Å². The van der Waals surface area contributed by atoms with Crippen molar-refractivity contribution in [1.29, 1.82) is 0 Å². The van der Waals surface area contributed by atoms with Crippen LogP contribution in [0.1, 0.15) is 26.7 Å². The summed E-state index contributed by atoms with van der Waals surface area (Å²) in [5.41, 5.74) is 9.02. The molecular weight excluding hydrogens is 166 g/mol. The molecule has 0 aromatic rings. The normalized spacial score (nSPS) is 28.8. The molecule has 0 aliphatic heterocycles. The predicted molar refractivity (Wildman–Crippen MR) is 52.3 cm³/mol. The maximum atomic E-state index is 5.75. The highest BCUT2D eigenvalue weighted by Crippen LogP contribution is 2.34. The average molecular weight is 185 g/mol. The lowest BCUT2D eigenvalue weighted by molar-refractivity contribution is -0.0542. The molecule has 0 bridgehead atoms. The SMILES string of the molecule is CC(C)OC1CC(/C(N)=C/NN)C1. The number of allylic oxidation sites excluding steroid dienone is 1. The van der Waals surface area contributed by atoms with Gasteiger partial charge in [-0.1, -0.05) is 0 Å². The first-order chi connectivity index (χ1) is 6.13. The predicted octanol–water partition coefficient (Wildman–Crippen LogP) is 0.453. The van der Waals surface area contributed by atoms with Crippen LogP contribution in [0.4, 0.5) is 0 Å². The Hall–Kier alpha value is -0.740. The summed E-state index contributed by atoms with van der Waals surface area (Å²) in [6.07, 6.45) is 4.37. The quantitative estimate of drug-likeness (QED) is 0.439. The molecule has 0 heterocycles. The fraction of sp³-hybridized carbons (Fsp3) is 0.778. The van der Waals surface area contributed by atoms with Gasteiger partial charge >= 0.3 is 0 Å². The van der Waals surface area contributed by atoms with Gasteiger partial charge in [-0.25, -0.2) is 0 Å². The van der Waals surface area contributed by atoms with E-state index in [1.165, 1.54) is 0 Å². The van der Waals surface area contributed by atoms with Gasteiger partial charge in [-0.15, -0.1) is 0 Å². The minimum absolute atomic E-state index is 0.309. The fourth-order valence-electron chi connectivity index (χ4n) is 1.55. The molecule has 0 amide bonds. The molecule has 0 spiro atoms. The van der Waals surface area contributed by atoms with Crippen LogP contribution in [-0.2, 0) is 4.74 Å². The van der Waals surface area contributed by atoms with E-state index in [-0.39, 0.29) is 0 Å². The smallest absolute Gasteiger partial charge is 0.0591 e. The van der Waals surface area contributed by atoms with Gasteiger partial charge in [0.1, 0.15) is 0 Å². The average Bonchev–Trinajstić information content (AvgIpc) is 1.95. The molecule has 1 fully saturated rings. The maximum Gasteiger partial charge on any atom is 0.0591 e. The largest absolute Gasteiger partial charge is 0.401 e. The Labute approximate surface area is 79.3 Å². The van der Waals surface area contributed by atoms with Crippen molar-refractivity contribution >= 4 is 0 Å². The minimum atomic E-state index is 0.309. The summed E-state index contributed by atoms with van der Waals surface area (Å²) in [4.78, 5) is 0. The summed E-state index contributed by atoms with van der Waals surface area (Å²) < 4.78 is 5.61. The first-order valence-electron chi connectivity index (χ1n) is 4.70. The van der Waals surface area contributed by atoms with Crippen LogP contribution in [0.15, 0.2) is 11.9 Å². The zero-order valence-corrected chi connectivity index (χ0v) is 8.29. The van der Waals surface area contributed by atoms with Gasteiger partial charge in [0.25, 0.3) is 0 Å². The third kappa shape index (κ3) is 2.90. The Balaban J connectivity index is 2.21. The topological polar surface area (TPSA) is 73.3 Å². The minimum Gasteiger partial charge on any atom is -0.401 e. The summed E-state index contributed by atoms with van der Waals surface area (Å²) >= 11 is 0. The van der Waals surface area contributed by atoms with Crippen LogP contribution in [0.25, 0.3) is 0 Å². The molecule has 4 heteroatoms. The molecular formula is C9H19N3O. The van der Waals surface area contributed by atoms with E-state index in [1.54, 1.807) is 6.20 Å². The van der Waals surface area contributed by atoms with Crippen LogP contribution in [-0.4, -0.2) is 12.2 Å². The number of ether oxygens (including phenoxy) is 1. The standard InChI is InChI=1S/C9H19N3O/c1-6(2)13-8-3-7(4-8)9(10)5-12-11/h5-8,12H,3-4,10-11H2,1-2H3/b9-5-. The van der Waals surface area contributed by atoms with Gasteiger partial charge in [-0.05, 0) is 26.7 Å². The first-order valence-corrected chi connectivity index (χ1v) is 4.70. The second-order valence-electron chi connectivity index (χ2n) is 3.79. The van der Waals surface area contributed by atoms with E-state index in [0.29, 0.717) is 18.1 Å². The van der Waals surface area contributed by atoms with E-state index >= 15 is 0 Å². The van der Waals surface area contributed by atoms with Crippen LogP contribution < -0.4 is 17.0 Å². The van der Waals surface area contributed by atoms with E-state index in [4.69, 9.17) is 16.3 Å². The lowest BCUT2D eigenvalue weighted by atomic mass is 9.80. The summed E-state index contributed by atoms with van der Waals surface area (Å²) in [6, 6.07) is 0. The number of nitrogens with one attached hydrogen (secondary N) is 1. The summed E-state index contributed by atoms with van der Waals surface area (Å²) in [5, 5.41) is 0. The van der Waals surface area contributed by atoms with Crippen molar-refractivity contribution in [2.24, 2.45) is 17.5 Å². The number of hydrazine groups is 1. The molecule has 0 saturated heterocycles. The molecule has 1 aliphatic carbocycles. The molecule has 0 radical (unpaired) electrons. The second-order valence-corrected chi connectivity index (χ2v) is 3.79. The van der Waals surface area contributed by atoms with Crippen LogP contribution >= 0.6 is 0 Å². The van der Waals surface area contributed by atoms with Crippen molar-refractivity contribution in [3.05, 3.63) is 11.9 Å². The highest BCUT2D eigenvalue weighted by molar-refractivity contribution is 5.06. The van der Waals surface area contributed by atoms with Gasteiger partial charge in [-0.2, -0.15) is 0 Å². The number of nitrogens with two attached hydrogens (primary N) is 2. The van der Waals surface area contributed by atoms with Crippen LogP contribution in [0.5, 0.6) is 0 Å². The Morgan fingerprint density at radius 1 is 1.54 bits per heavy atom. The van der Waals surface area contributed by atoms with Crippen molar-refractivity contribution in [3.8, 4) is 0 Å². The number of rotatable bonds is 4. The van der Waals surface area contributed by atoms with Gasteiger partial charge in [0.05, 0.1) is 12.2 Å². The summed E-state index contributed by atoms with van der Waals surface area (Å²) in [7, 11) is 0. The second kappa shape index (κ2) is 4.48. The zero-order valence-electron chi connectivity index (χ0n) is 8.29. The van der Waals surface area contributed by atoms with Gasteiger partial charge in [0.2, 0.25) is 0 Å². The summed E-state index contributed by atoms with van der Waals surface area (Å²) in [5.74, 6) is 5.57. The Morgan fingerprint density at radius 3 is 2.62 bits per heavy atom. The van der Waals surface area contributed by atoms with Crippen LogP contribution in [0.2, 0.25) is 0 Å². The number of hydrogen-bond donors (Lipinski definition) is 3. The van der Waals surface area contributed by atoms with Crippen molar-refractivity contribution < 1.29 is 4.74 Å². The molecule has 1 rings (SSSR count). The van der Waals surface area contributed by atoms with E-state index < -0.39 is 0 Å². The van der Waals surface area contributed by atoms with E-state index in [1.807, 2.05) is 13.8 Å². The molecule has 1 aliphatic rings. The highest BCUT2D eigenvalue weighted by atomic mass is 16.5. The molecule has 0 aromatic heterocycles. The lowest BCUT2D eigenvalue weighted by Crippen LogP contribution is -2.37. The molecule has 13 heavy (non-hydrogen) atoms. The van der Waals surface area contributed by atoms with E-state index in [9.17, 15) is 0 Å². The first kappa shape index (κ1) is 10.3. The molecule has 0 aromatic carbocycles. The maximum absolute atomic E-state index is 5.75. The molecule has 4 nitrogen and oxygen atoms in total. The van der Waals surface area contributed by atoms with E-state index in [0.717, 1.165) is 18.5 Å². The summed E-state index contributed by atoms with van der Waals surface area (Å²) in [6.45, 7) is 4.10. The molecule has 0 atom stereocenters. The molecule has 0 unspecified atom stereocenters. The lowest BCUT2D eigenvalue weighted by Gasteiger charge is -2.36. The van der Waals surface area contributed by atoms with Crippen LogP contribution in [0, 0.1) is 5.92 Å². The van der Waals surface area contributed by atoms with E-state index in [2.05, 4.69) is 5.43 Å². The van der Waals surface area contributed by atoms with Crippen molar-refractivity contribution in [3.63, 3.8) is 0 Å².